The number of ether oxygens (including phenoxy) is 1. The number of carbonyl (C=O) groups excluding carboxylic acids is 1. The third kappa shape index (κ3) is 6.11. The molecule has 8 heteroatoms. The van der Waals surface area contributed by atoms with E-state index in [9.17, 15) is 13.2 Å². The summed E-state index contributed by atoms with van der Waals surface area (Å²) in [6.07, 6.45) is 1.09. The average Bonchev–Trinajstić information content (AvgIpc) is 2.63. The zero-order valence-corrected chi connectivity index (χ0v) is 18.9. The molecule has 0 radical (unpaired) electrons. The van der Waals surface area contributed by atoms with Crippen molar-refractivity contribution in [1.82, 2.24) is 5.32 Å². The predicted molar refractivity (Wildman–Crippen MR) is 118 cm³/mol. The average molecular weight is 439 g/mol. The maximum absolute atomic E-state index is 12.5. The Labute approximate surface area is 177 Å². The molecule has 0 atom stereocenters. The molecule has 0 heterocycles. The van der Waals surface area contributed by atoms with Gasteiger partial charge in [-0.15, -0.1) is 0 Å². The molecule has 0 unspecified atom stereocenters. The highest BCUT2D eigenvalue weighted by Crippen LogP contribution is 2.30. The number of hydrogen-bond donors (Lipinski definition) is 1. The Hall–Kier alpha value is -2.25. The quantitative estimate of drug-likeness (QED) is 0.666. The summed E-state index contributed by atoms with van der Waals surface area (Å²) in [5, 5.41) is 3.00. The van der Waals surface area contributed by atoms with Crippen LogP contribution in [0.4, 0.5) is 5.69 Å². The number of hydrogen-bond acceptors (Lipinski definition) is 4. The second-order valence-electron chi connectivity index (χ2n) is 7.75. The Morgan fingerprint density at radius 3 is 2.45 bits per heavy atom. The minimum atomic E-state index is -3.44. The fraction of sp³-hybridized carbons (Fsp3) is 0.381. The first-order valence-electron chi connectivity index (χ1n) is 9.15. The largest absolute Gasteiger partial charge is 0.491 e. The standard InChI is InChI=1S/C21H27ClN2O4S/c1-21(2,3)17-8-6-7-9-19(17)28-13-12-23-20(25)16-14-15(10-11-18(16)22)24(4)29(5,26)27/h6-11,14H,12-13H2,1-5H3,(H,23,25). The van der Waals surface area contributed by atoms with Gasteiger partial charge in [-0.2, -0.15) is 0 Å². The highest BCUT2D eigenvalue weighted by molar-refractivity contribution is 7.92. The Morgan fingerprint density at radius 2 is 1.83 bits per heavy atom. The van der Waals surface area contributed by atoms with E-state index in [-0.39, 0.29) is 22.5 Å². The molecule has 0 spiro atoms. The van der Waals surface area contributed by atoms with Gasteiger partial charge >= 0.3 is 0 Å². The number of nitrogens with one attached hydrogen (secondary N) is 1. The number of para-hydroxylation sites is 1. The normalized spacial score (nSPS) is 11.8. The van der Waals surface area contributed by atoms with Crippen LogP contribution in [0.1, 0.15) is 36.7 Å². The van der Waals surface area contributed by atoms with Gasteiger partial charge in [0, 0.05) is 7.05 Å². The van der Waals surface area contributed by atoms with Gasteiger partial charge in [-0.3, -0.25) is 9.10 Å². The van der Waals surface area contributed by atoms with Crippen LogP contribution in [0.2, 0.25) is 5.02 Å². The van der Waals surface area contributed by atoms with Crippen LogP contribution in [0, 0.1) is 0 Å². The summed E-state index contributed by atoms with van der Waals surface area (Å²) >= 11 is 6.13. The molecule has 2 aromatic rings. The second kappa shape index (κ2) is 9.05. The molecular weight excluding hydrogens is 412 g/mol. The fourth-order valence-electron chi connectivity index (χ4n) is 2.71. The fourth-order valence-corrected chi connectivity index (χ4v) is 3.41. The molecule has 6 nitrogen and oxygen atoms in total. The molecule has 2 aromatic carbocycles. The van der Waals surface area contributed by atoms with E-state index in [0.29, 0.717) is 12.3 Å². The first-order chi connectivity index (χ1) is 13.4. The van der Waals surface area contributed by atoms with Crippen LogP contribution in [-0.2, 0) is 15.4 Å². The summed E-state index contributed by atoms with van der Waals surface area (Å²) in [6, 6.07) is 12.3. The van der Waals surface area contributed by atoms with Crippen molar-refractivity contribution in [3.05, 3.63) is 58.6 Å². The van der Waals surface area contributed by atoms with Gasteiger partial charge in [0.05, 0.1) is 29.1 Å². The zero-order chi connectivity index (χ0) is 21.8. The van der Waals surface area contributed by atoms with E-state index >= 15 is 0 Å². The lowest BCUT2D eigenvalue weighted by molar-refractivity contribution is 0.0947. The van der Waals surface area contributed by atoms with E-state index in [1.54, 1.807) is 6.07 Å². The molecule has 0 aliphatic rings. The molecule has 0 bridgehead atoms. The van der Waals surface area contributed by atoms with Gasteiger partial charge in [-0.1, -0.05) is 50.6 Å². The summed E-state index contributed by atoms with van der Waals surface area (Å²) in [7, 11) is -2.02. The SMILES string of the molecule is CN(c1ccc(Cl)c(C(=O)NCCOc2ccccc2C(C)(C)C)c1)S(C)(=O)=O. The van der Waals surface area contributed by atoms with Gasteiger partial charge in [0.2, 0.25) is 10.0 Å². The maximum atomic E-state index is 12.5. The maximum Gasteiger partial charge on any atom is 0.252 e. The van der Waals surface area contributed by atoms with Crippen molar-refractivity contribution in [3.8, 4) is 5.75 Å². The monoisotopic (exact) mass is 438 g/mol. The molecule has 29 heavy (non-hydrogen) atoms. The first kappa shape index (κ1) is 23.0. The Morgan fingerprint density at radius 1 is 1.17 bits per heavy atom. The van der Waals surface area contributed by atoms with Crippen molar-refractivity contribution >= 4 is 33.2 Å². The minimum Gasteiger partial charge on any atom is -0.491 e. The van der Waals surface area contributed by atoms with Crippen molar-refractivity contribution < 1.29 is 17.9 Å². The molecule has 1 N–H and O–H groups in total. The number of halogens is 1. The smallest absolute Gasteiger partial charge is 0.252 e. The van der Waals surface area contributed by atoms with Crippen LogP contribution < -0.4 is 14.4 Å². The summed E-state index contributed by atoms with van der Waals surface area (Å²) in [4.78, 5) is 12.5. The zero-order valence-electron chi connectivity index (χ0n) is 17.3. The van der Waals surface area contributed by atoms with Gasteiger partial charge in [-0.05, 0) is 35.2 Å². The summed E-state index contributed by atoms with van der Waals surface area (Å²) in [5.41, 5.74) is 1.59. The number of nitrogens with zero attached hydrogens (tertiary/aromatic N) is 1. The van der Waals surface area contributed by atoms with E-state index in [1.807, 2.05) is 24.3 Å². The third-order valence-corrected chi connectivity index (χ3v) is 5.93. The number of sulfonamides is 1. The van der Waals surface area contributed by atoms with E-state index < -0.39 is 15.9 Å². The van der Waals surface area contributed by atoms with Crippen LogP contribution in [0.25, 0.3) is 0 Å². The number of anilines is 1. The lowest BCUT2D eigenvalue weighted by Gasteiger charge is -2.22. The van der Waals surface area contributed by atoms with E-state index in [4.69, 9.17) is 16.3 Å². The molecule has 2 rings (SSSR count). The molecule has 1 amide bonds. The molecule has 158 valence electrons. The van der Waals surface area contributed by atoms with Crippen LogP contribution in [-0.4, -0.2) is 40.8 Å². The van der Waals surface area contributed by atoms with Gasteiger partial charge in [0.25, 0.3) is 5.91 Å². The highest BCUT2D eigenvalue weighted by atomic mass is 35.5. The minimum absolute atomic E-state index is 0.0561. The van der Waals surface area contributed by atoms with E-state index in [0.717, 1.165) is 21.9 Å². The molecule has 0 aliphatic carbocycles. The van der Waals surface area contributed by atoms with Crippen LogP contribution >= 0.6 is 11.6 Å². The lowest BCUT2D eigenvalue weighted by Crippen LogP contribution is -2.29. The van der Waals surface area contributed by atoms with E-state index in [1.165, 1.54) is 19.2 Å². The summed E-state index contributed by atoms with van der Waals surface area (Å²) in [6.45, 7) is 6.90. The number of carbonyl (C=O) groups is 1. The van der Waals surface area contributed by atoms with Crippen molar-refractivity contribution in [1.29, 1.82) is 0 Å². The summed E-state index contributed by atoms with van der Waals surface area (Å²) < 4.78 is 30.4. The number of amides is 1. The first-order valence-corrected chi connectivity index (χ1v) is 11.4. The van der Waals surface area contributed by atoms with Crippen molar-refractivity contribution in [2.75, 3.05) is 30.8 Å². The second-order valence-corrected chi connectivity index (χ2v) is 10.2. The Bertz CT molecular complexity index is 984. The third-order valence-electron chi connectivity index (χ3n) is 4.40. The van der Waals surface area contributed by atoms with Crippen molar-refractivity contribution in [3.63, 3.8) is 0 Å². The molecular formula is C21H27ClN2O4S. The molecule has 0 aliphatic heterocycles. The molecule has 0 fully saturated rings. The highest BCUT2D eigenvalue weighted by Gasteiger charge is 2.19. The number of rotatable bonds is 7. The van der Waals surface area contributed by atoms with Crippen LogP contribution in [0.5, 0.6) is 5.75 Å². The number of benzene rings is 2. The molecule has 0 aromatic heterocycles. The summed E-state index contributed by atoms with van der Waals surface area (Å²) in [5.74, 6) is 0.385. The van der Waals surface area contributed by atoms with Gasteiger partial charge in [0.1, 0.15) is 12.4 Å². The van der Waals surface area contributed by atoms with Gasteiger partial charge in [0.15, 0.2) is 0 Å². The molecule has 0 saturated carbocycles. The molecule has 0 saturated heterocycles. The van der Waals surface area contributed by atoms with Crippen molar-refractivity contribution in [2.24, 2.45) is 0 Å². The van der Waals surface area contributed by atoms with E-state index in [2.05, 4.69) is 26.1 Å². The Kier molecular flexibility index (Phi) is 7.19. The predicted octanol–water partition coefficient (Wildman–Crippen LogP) is 3.84. The van der Waals surface area contributed by atoms with Gasteiger partial charge < -0.3 is 10.1 Å². The topological polar surface area (TPSA) is 75.7 Å². The van der Waals surface area contributed by atoms with Crippen LogP contribution in [0.3, 0.4) is 0 Å². The Balaban J connectivity index is 2.02. The lowest BCUT2D eigenvalue weighted by atomic mass is 9.86. The van der Waals surface area contributed by atoms with Crippen molar-refractivity contribution in [2.45, 2.75) is 26.2 Å². The van der Waals surface area contributed by atoms with Gasteiger partial charge in [-0.25, -0.2) is 8.42 Å². The van der Waals surface area contributed by atoms with Crippen LogP contribution in [0.15, 0.2) is 42.5 Å².